The molecule has 1 aliphatic carbocycles. The van der Waals surface area contributed by atoms with Crippen LogP contribution in [0.15, 0.2) is 90.1 Å². The van der Waals surface area contributed by atoms with Crippen LogP contribution >= 0.6 is 0 Å². The predicted octanol–water partition coefficient (Wildman–Crippen LogP) is 9.92. The van der Waals surface area contributed by atoms with Gasteiger partial charge in [0.05, 0.1) is 0 Å². The minimum absolute atomic E-state index is 0.227. The van der Waals surface area contributed by atoms with E-state index in [2.05, 4.69) is 74.2 Å². The Balaban J connectivity index is -0.000000267. The molecular weight excluding hydrogens is 695 g/mol. The Morgan fingerprint density at radius 1 is 0.745 bits per heavy atom. The van der Waals surface area contributed by atoms with Crippen molar-refractivity contribution >= 4 is 24.0 Å². The maximum Gasteiger partial charge on any atom is 0.341 e. The average molecular weight is 768 g/mol. The zero-order valence-electron chi connectivity index (χ0n) is 36.2. The van der Waals surface area contributed by atoms with Gasteiger partial charge in [0.2, 0.25) is 0 Å². The first-order valence-corrected chi connectivity index (χ1v) is 19.6. The van der Waals surface area contributed by atoms with Crippen molar-refractivity contribution in [3.8, 4) is 0 Å². The summed E-state index contributed by atoms with van der Waals surface area (Å²) in [5.41, 5.74) is 12.0. The summed E-state index contributed by atoms with van der Waals surface area (Å²) in [5.74, 6) is -1.32. The molecule has 6 aliphatic rings. The SMILES string of the molecule is C1COC1.C=Cc1ccccc1.CC.CC.CC.CC.CC1=CC(=O)OC1=O.CN1CC1.CN1CCC1.CN=[N+]=[N-].O=C1C=CCO1.c1ccc2c(c1)CC2. The number of ether oxygens (including phenoxy) is 3. The van der Waals surface area contributed by atoms with E-state index >= 15 is 0 Å². The normalized spacial score (nSPS) is 14.8. The molecule has 0 aromatic heterocycles. The Hall–Kier alpha value is -4.54. The van der Waals surface area contributed by atoms with E-state index in [-0.39, 0.29) is 5.97 Å². The van der Waals surface area contributed by atoms with E-state index in [9.17, 15) is 14.4 Å². The topological polar surface area (TPSA) is 134 Å². The molecule has 0 radical (unpaired) electrons. The third kappa shape index (κ3) is 37.6. The second-order valence-electron chi connectivity index (χ2n) is 10.7. The van der Waals surface area contributed by atoms with E-state index in [0.29, 0.717) is 12.2 Å². The molecule has 5 heterocycles. The summed E-state index contributed by atoms with van der Waals surface area (Å²) in [7, 11) is 5.64. The van der Waals surface area contributed by atoms with Crippen molar-refractivity contribution in [1.82, 2.24) is 9.80 Å². The zero-order chi connectivity index (χ0) is 42.7. The molecule has 2 aromatic carbocycles. The molecule has 3 fully saturated rings. The number of benzene rings is 2. The molecule has 0 amide bonds. The summed E-state index contributed by atoms with van der Waals surface area (Å²) >= 11 is 0. The highest BCUT2D eigenvalue weighted by Gasteiger charge is 2.18. The van der Waals surface area contributed by atoms with Crippen LogP contribution in [-0.4, -0.2) is 94.9 Å². The molecule has 8 rings (SSSR count). The maximum atomic E-state index is 10.3. The molecule has 11 nitrogen and oxygen atoms in total. The first-order valence-electron chi connectivity index (χ1n) is 19.6. The largest absolute Gasteiger partial charge is 0.458 e. The number of hydrogen-bond acceptors (Lipinski definition) is 9. The van der Waals surface area contributed by atoms with Crippen LogP contribution in [0.5, 0.6) is 0 Å². The van der Waals surface area contributed by atoms with Gasteiger partial charge in [0, 0.05) is 56.0 Å². The van der Waals surface area contributed by atoms with Gasteiger partial charge in [-0.15, -0.1) is 0 Å². The molecule has 0 bridgehead atoms. The lowest BCUT2D eigenvalue weighted by Crippen LogP contribution is -2.32. The smallest absolute Gasteiger partial charge is 0.341 e. The summed E-state index contributed by atoms with van der Waals surface area (Å²) in [6.07, 6.45) is 11.4. The molecule has 0 atom stereocenters. The highest BCUT2D eigenvalue weighted by atomic mass is 16.6. The van der Waals surface area contributed by atoms with Gasteiger partial charge in [0.1, 0.15) is 6.61 Å². The van der Waals surface area contributed by atoms with Crippen molar-refractivity contribution in [2.45, 2.75) is 88.0 Å². The number of esters is 3. The lowest BCUT2D eigenvalue weighted by Gasteiger charge is -2.24. The molecule has 55 heavy (non-hydrogen) atoms. The first kappa shape index (κ1) is 57.2. The van der Waals surface area contributed by atoms with Crippen molar-refractivity contribution in [2.75, 3.05) is 67.1 Å². The van der Waals surface area contributed by atoms with Gasteiger partial charge in [-0.3, -0.25) is 0 Å². The summed E-state index contributed by atoms with van der Waals surface area (Å²) in [5, 5.41) is 2.92. The first-order chi connectivity index (χ1) is 26.7. The highest BCUT2D eigenvalue weighted by molar-refractivity contribution is 6.08. The molecule has 310 valence electrons. The van der Waals surface area contributed by atoms with Crippen LogP contribution in [-0.2, 0) is 41.4 Å². The number of rotatable bonds is 1. The van der Waals surface area contributed by atoms with E-state index in [4.69, 9.17) is 10.3 Å². The van der Waals surface area contributed by atoms with Gasteiger partial charge in [-0.1, -0.05) is 128 Å². The van der Waals surface area contributed by atoms with E-state index in [1.807, 2.05) is 91.8 Å². The number of hydrogen-bond donors (Lipinski definition) is 0. The Bertz CT molecular complexity index is 1300. The van der Waals surface area contributed by atoms with Gasteiger partial charge in [-0.2, -0.15) is 0 Å². The minimum Gasteiger partial charge on any atom is -0.458 e. The van der Waals surface area contributed by atoms with E-state index in [1.54, 1.807) is 17.2 Å². The zero-order valence-corrected chi connectivity index (χ0v) is 36.2. The van der Waals surface area contributed by atoms with Crippen molar-refractivity contribution < 1.29 is 28.6 Å². The van der Waals surface area contributed by atoms with Crippen LogP contribution < -0.4 is 0 Å². The molecule has 3 saturated heterocycles. The van der Waals surface area contributed by atoms with Crippen LogP contribution in [0.4, 0.5) is 0 Å². The average Bonchev–Trinajstić information content (AvgIpc) is 3.71. The number of carbonyl (C=O) groups is 3. The fourth-order valence-corrected chi connectivity index (χ4v) is 3.21. The second kappa shape index (κ2) is 43.9. The molecule has 0 saturated carbocycles. The molecule has 2 aromatic rings. The Morgan fingerprint density at radius 2 is 1.15 bits per heavy atom. The Morgan fingerprint density at radius 3 is 1.27 bits per heavy atom. The lowest BCUT2D eigenvalue weighted by atomic mass is 9.89. The van der Waals surface area contributed by atoms with E-state index in [1.165, 1.54) is 83.5 Å². The Labute approximate surface area is 334 Å². The standard InChI is InChI=1S/2C8H8.C5H4O3.C4H9N.C4H4O2.C3H7N.C3H6O.4C2H6.CH3N3/c1-2-4-8-6-5-7(8)3-1;1-2-8-6-4-3-5-7-8;1-3-2-4(6)8-5(3)7;1-5-3-2-4-5;5-4-2-1-3-6-4;1-4-2-3-4;1-2-4-3-1;4*1-2;1-3-4-2/h1-4H,5-6H2;2-7H,1H2;2H,1H3;2-4H2,1H3;1-2H,3H2;2-3H2,1H3;1-3H2;4*1-2H3;1H3. The number of aryl methyl sites for hydroxylation is 2. The van der Waals surface area contributed by atoms with Gasteiger partial charge in [-0.05, 0) is 88.1 Å². The van der Waals surface area contributed by atoms with Gasteiger partial charge < -0.3 is 24.0 Å². The van der Waals surface area contributed by atoms with Crippen molar-refractivity contribution in [1.29, 1.82) is 0 Å². The molecule has 5 aliphatic heterocycles. The number of likely N-dealkylation sites (N-methyl/N-ethyl adjacent to an activating group) is 1. The molecule has 11 heteroatoms. The van der Waals surface area contributed by atoms with Gasteiger partial charge in [-0.25, -0.2) is 14.4 Å². The van der Waals surface area contributed by atoms with Crippen LogP contribution in [0.3, 0.4) is 0 Å². The van der Waals surface area contributed by atoms with E-state index < -0.39 is 11.9 Å². The van der Waals surface area contributed by atoms with Crippen LogP contribution in [0.2, 0.25) is 0 Å². The third-order valence-corrected chi connectivity index (χ3v) is 6.66. The van der Waals surface area contributed by atoms with Crippen molar-refractivity contribution in [3.63, 3.8) is 0 Å². The molecule has 0 spiro atoms. The molecule has 0 unspecified atom stereocenters. The van der Waals surface area contributed by atoms with Gasteiger partial charge in [0.15, 0.2) is 0 Å². The Kier molecular flexibility index (Phi) is 45.6. The van der Waals surface area contributed by atoms with Crippen molar-refractivity contribution in [2.24, 2.45) is 5.11 Å². The number of carbonyl (C=O) groups excluding carboxylic acids is 3. The fraction of sp³-hybridized carbons (Fsp3) is 0.523. The number of azide groups is 1. The van der Waals surface area contributed by atoms with Gasteiger partial charge in [0.25, 0.3) is 0 Å². The summed E-state index contributed by atoms with van der Waals surface area (Å²) in [4.78, 5) is 37.3. The summed E-state index contributed by atoms with van der Waals surface area (Å²) in [6.45, 7) is 28.9. The number of likely N-dealkylation sites (tertiary alicyclic amines) is 1. The van der Waals surface area contributed by atoms with Gasteiger partial charge >= 0.3 is 17.9 Å². The van der Waals surface area contributed by atoms with Crippen LogP contribution in [0, 0.1) is 0 Å². The maximum absolute atomic E-state index is 10.3. The minimum atomic E-state index is -0.562. The number of cyclic esters (lactones) is 3. The lowest BCUT2D eigenvalue weighted by molar-refractivity contribution is -0.150. The second-order valence-corrected chi connectivity index (χ2v) is 10.7. The predicted molar refractivity (Wildman–Crippen MR) is 231 cm³/mol. The van der Waals surface area contributed by atoms with E-state index in [0.717, 1.165) is 13.2 Å². The van der Waals surface area contributed by atoms with Crippen molar-refractivity contribution in [3.05, 3.63) is 112 Å². The monoisotopic (exact) mass is 768 g/mol. The summed E-state index contributed by atoms with van der Waals surface area (Å²) in [6, 6.07) is 18.7. The fourth-order valence-electron chi connectivity index (χ4n) is 3.21. The quantitative estimate of drug-likeness (QED) is 0.0699. The number of fused-ring (bicyclic) bond motifs is 1. The third-order valence-electron chi connectivity index (χ3n) is 6.66. The summed E-state index contributed by atoms with van der Waals surface area (Å²) < 4.78 is 13.2. The molecular formula is C44H73N5O6. The van der Waals surface area contributed by atoms with Crippen LogP contribution in [0.25, 0.3) is 16.5 Å². The number of nitrogens with zero attached hydrogens (tertiary/aromatic N) is 5. The molecule has 0 N–H and O–H groups in total. The van der Waals surface area contributed by atoms with Crippen LogP contribution in [0.1, 0.15) is 91.8 Å². The highest BCUT2D eigenvalue weighted by Crippen LogP contribution is 2.20.